The molecule has 5 nitrogen and oxygen atoms in total. The average molecular weight is 539 g/mol. The lowest BCUT2D eigenvalue weighted by molar-refractivity contribution is 0.194. The normalized spacial score (nSPS) is 20.4. The summed E-state index contributed by atoms with van der Waals surface area (Å²) in [4.78, 5) is 6.57. The van der Waals surface area contributed by atoms with Gasteiger partial charge in [0.25, 0.3) is 0 Å². The lowest BCUT2D eigenvalue weighted by Gasteiger charge is -2.39. The molecule has 1 saturated heterocycles. The van der Waals surface area contributed by atoms with Crippen molar-refractivity contribution in [3.63, 3.8) is 0 Å². The number of likely N-dealkylation sites (tertiary alicyclic amines) is 1. The summed E-state index contributed by atoms with van der Waals surface area (Å²) in [7, 11) is -3.42. The summed E-state index contributed by atoms with van der Waals surface area (Å²) in [5.74, 6) is -0.417. The van der Waals surface area contributed by atoms with Crippen LogP contribution in [-0.4, -0.2) is 41.2 Å². The SMILES string of the molecule is CS(=O)(=O)c1ccc(F)cc1CN1CCCC(Nc2ccc3cnccc3c2)C1I. The van der Waals surface area contributed by atoms with Crippen molar-refractivity contribution in [2.24, 2.45) is 0 Å². The number of pyridine rings is 1. The Bertz CT molecular complexity index is 1170. The zero-order valence-electron chi connectivity index (χ0n) is 16.6. The molecule has 2 unspecified atom stereocenters. The van der Waals surface area contributed by atoms with Gasteiger partial charge in [0, 0.05) is 36.3 Å². The van der Waals surface area contributed by atoms with E-state index < -0.39 is 15.7 Å². The van der Waals surface area contributed by atoms with Crippen LogP contribution in [0.25, 0.3) is 10.8 Å². The van der Waals surface area contributed by atoms with Crippen LogP contribution in [0.1, 0.15) is 18.4 Å². The van der Waals surface area contributed by atoms with Gasteiger partial charge in [-0.3, -0.25) is 9.88 Å². The first-order valence-corrected chi connectivity index (χ1v) is 12.9. The molecule has 1 N–H and O–H groups in total. The number of alkyl halides is 1. The second-order valence-corrected chi connectivity index (χ2v) is 11.0. The molecule has 0 amide bonds. The van der Waals surface area contributed by atoms with Crippen molar-refractivity contribution in [3.8, 4) is 0 Å². The van der Waals surface area contributed by atoms with E-state index in [0.29, 0.717) is 12.1 Å². The maximum Gasteiger partial charge on any atom is 0.175 e. The number of hydrogen-bond donors (Lipinski definition) is 1. The first-order valence-electron chi connectivity index (χ1n) is 9.78. The van der Waals surface area contributed by atoms with E-state index in [0.717, 1.165) is 35.8 Å². The Kier molecular flexibility index (Phi) is 6.26. The van der Waals surface area contributed by atoms with E-state index in [1.54, 1.807) is 6.20 Å². The summed E-state index contributed by atoms with van der Waals surface area (Å²) in [6, 6.07) is 12.3. The highest BCUT2D eigenvalue weighted by Gasteiger charge is 2.30. The van der Waals surface area contributed by atoms with Gasteiger partial charge in [0.2, 0.25) is 0 Å². The van der Waals surface area contributed by atoms with Crippen molar-refractivity contribution in [2.45, 2.75) is 34.4 Å². The molecule has 2 atom stereocenters. The lowest BCUT2D eigenvalue weighted by atomic mass is 10.0. The molecule has 1 aliphatic heterocycles. The van der Waals surface area contributed by atoms with Crippen LogP contribution in [0.5, 0.6) is 0 Å². The highest BCUT2D eigenvalue weighted by Crippen LogP contribution is 2.30. The summed E-state index contributed by atoms with van der Waals surface area (Å²) in [5, 5.41) is 5.86. The molecule has 4 rings (SSSR count). The Labute approximate surface area is 189 Å². The summed E-state index contributed by atoms with van der Waals surface area (Å²) in [5.41, 5.74) is 1.56. The van der Waals surface area contributed by atoms with Crippen molar-refractivity contribution in [3.05, 3.63) is 66.2 Å². The molecule has 0 saturated carbocycles. The van der Waals surface area contributed by atoms with Crippen molar-refractivity contribution in [1.29, 1.82) is 0 Å². The minimum atomic E-state index is -3.42. The largest absolute Gasteiger partial charge is 0.380 e. The van der Waals surface area contributed by atoms with Crippen LogP contribution in [0, 0.1) is 5.82 Å². The van der Waals surface area contributed by atoms with E-state index in [1.165, 1.54) is 24.5 Å². The number of benzene rings is 2. The minimum absolute atomic E-state index is 0.139. The maximum atomic E-state index is 13.8. The number of halogens is 2. The number of aromatic nitrogens is 1. The quantitative estimate of drug-likeness (QED) is 0.222. The van der Waals surface area contributed by atoms with E-state index in [2.05, 4.69) is 56.0 Å². The summed E-state index contributed by atoms with van der Waals surface area (Å²) in [6.45, 7) is 1.24. The van der Waals surface area contributed by atoms with E-state index in [1.807, 2.05) is 12.3 Å². The molecule has 2 aromatic carbocycles. The minimum Gasteiger partial charge on any atom is -0.380 e. The number of fused-ring (bicyclic) bond motifs is 1. The van der Waals surface area contributed by atoms with Crippen molar-refractivity contribution in [2.75, 3.05) is 18.1 Å². The molecule has 1 aliphatic rings. The zero-order chi connectivity index (χ0) is 21.3. The van der Waals surface area contributed by atoms with Crippen LogP contribution in [0.4, 0.5) is 10.1 Å². The van der Waals surface area contributed by atoms with E-state index in [9.17, 15) is 12.8 Å². The predicted octanol–water partition coefficient (Wildman–Crippen LogP) is 4.62. The number of anilines is 1. The monoisotopic (exact) mass is 539 g/mol. The number of hydrogen-bond acceptors (Lipinski definition) is 5. The Balaban J connectivity index is 1.53. The van der Waals surface area contributed by atoms with Crippen molar-refractivity contribution >= 4 is 48.9 Å². The fourth-order valence-electron chi connectivity index (χ4n) is 3.98. The molecule has 0 aliphatic carbocycles. The van der Waals surface area contributed by atoms with Crippen LogP contribution in [0.3, 0.4) is 0 Å². The van der Waals surface area contributed by atoms with Gasteiger partial charge in [-0.25, -0.2) is 12.8 Å². The fourth-order valence-corrected chi connectivity index (χ4v) is 5.91. The maximum absolute atomic E-state index is 13.8. The highest BCUT2D eigenvalue weighted by molar-refractivity contribution is 14.1. The molecular weight excluding hydrogens is 516 g/mol. The van der Waals surface area contributed by atoms with Gasteiger partial charge in [-0.15, -0.1) is 0 Å². The molecule has 0 spiro atoms. The van der Waals surface area contributed by atoms with E-state index in [-0.39, 0.29) is 15.0 Å². The predicted molar refractivity (Wildman–Crippen MR) is 126 cm³/mol. The standard InChI is InChI=1S/C22H23FIN3O2S/c1-30(28,29)21-7-5-18(23)11-17(21)14-27-10-2-3-20(22(27)24)26-19-6-4-16-13-25-9-8-15(16)12-19/h4-9,11-13,20,22,26H,2-3,10,14H2,1H3. The lowest BCUT2D eigenvalue weighted by Crippen LogP contribution is -2.47. The summed E-state index contributed by atoms with van der Waals surface area (Å²) >= 11 is 2.40. The van der Waals surface area contributed by atoms with Crippen LogP contribution >= 0.6 is 22.6 Å². The third-order valence-corrected chi connectivity index (χ3v) is 8.28. The number of piperidine rings is 1. The first kappa shape index (κ1) is 21.5. The molecule has 2 heterocycles. The molecule has 3 aromatic rings. The van der Waals surface area contributed by atoms with Gasteiger partial charge < -0.3 is 5.32 Å². The average Bonchev–Trinajstić information content (AvgIpc) is 2.70. The fraction of sp³-hybridized carbons (Fsp3) is 0.318. The Morgan fingerprint density at radius 2 is 2.03 bits per heavy atom. The van der Waals surface area contributed by atoms with Gasteiger partial charge in [-0.05, 0) is 66.7 Å². The van der Waals surface area contributed by atoms with Gasteiger partial charge in [-0.1, -0.05) is 28.7 Å². The number of sulfone groups is 1. The van der Waals surface area contributed by atoms with E-state index in [4.69, 9.17) is 0 Å². The van der Waals surface area contributed by atoms with Crippen LogP contribution in [-0.2, 0) is 16.4 Å². The molecular formula is C22H23FIN3O2S. The van der Waals surface area contributed by atoms with Crippen molar-refractivity contribution < 1.29 is 12.8 Å². The second kappa shape index (κ2) is 8.76. The third-order valence-electron chi connectivity index (χ3n) is 5.43. The first-order chi connectivity index (χ1) is 14.3. The Hall–Kier alpha value is -1.78. The number of rotatable bonds is 5. The second-order valence-electron chi connectivity index (χ2n) is 7.70. The topological polar surface area (TPSA) is 62.3 Å². The van der Waals surface area contributed by atoms with Gasteiger partial charge in [0.15, 0.2) is 9.84 Å². The van der Waals surface area contributed by atoms with Gasteiger partial charge in [0.1, 0.15) is 5.82 Å². The molecule has 30 heavy (non-hydrogen) atoms. The van der Waals surface area contributed by atoms with Crippen LogP contribution in [0.2, 0.25) is 0 Å². The number of nitrogens with zero attached hydrogens (tertiary/aromatic N) is 2. The third kappa shape index (κ3) is 4.76. The van der Waals surface area contributed by atoms with Gasteiger partial charge in [0.05, 0.1) is 15.0 Å². The van der Waals surface area contributed by atoms with Crippen LogP contribution in [0.15, 0.2) is 59.8 Å². The molecule has 1 fully saturated rings. The van der Waals surface area contributed by atoms with Crippen LogP contribution < -0.4 is 5.32 Å². The molecule has 158 valence electrons. The van der Waals surface area contributed by atoms with E-state index >= 15 is 0 Å². The molecule has 0 bridgehead atoms. The van der Waals surface area contributed by atoms with Gasteiger partial charge >= 0.3 is 0 Å². The molecule has 1 aromatic heterocycles. The van der Waals surface area contributed by atoms with Gasteiger partial charge in [-0.2, -0.15) is 0 Å². The van der Waals surface area contributed by atoms with Crippen molar-refractivity contribution in [1.82, 2.24) is 9.88 Å². The summed E-state index contributed by atoms with van der Waals surface area (Å²) < 4.78 is 38.3. The zero-order valence-corrected chi connectivity index (χ0v) is 19.5. The summed E-state index contributed by atoms with van der Waals surface area (Å²) in [6.07, 6.45) is 6.80. The smallest absolute Gasteiger partial charge is 0.175 e. The molecule has 8 heteroatoms. The number of nitrogens with one attached hydrogen (secondary N) is 1. The molecule has 0 radical (unpaired) electrons. The Morgan fingerprint density at radius 3 is 2.83 bits per heavy atom. The highest BCUT2D eigenvalue weighted by atomic mass is 127. The Morgan fingerprint density at radius 1 is 1.20 bits per heavy atom.